The van der Waals surface area contributed by atoms with E-state index in [0.29, 0.717) is 6.04 Å². The first kappa shape index (κ1) is 24.8. The summed E-state index contributed by atoms with van der Waals surface area (Å²) < 4.78 is 2.06. The molecule has 7 nitrogen and oxygen atoms in total. The second-order valence-corrected chi connectivity index (χ2v) is 10.1. The van der Waals surface area contributed by atoms with Gasteiger partial charge in [0.15, 0.2) is 5.82 Å². The van der Waals surface area contributed by atoms with E-state index in [1.807, 2.05) is 0 Å². The van der Waals surface area contributed by atoms with Crippen LogP contribution in [0.1, 0.15) is 48.7 Å². The van der Waals surface area contributed by atoms with Crippen LogP contribution in [0, 0.1) is 0 Å². The predicted molar refractivity (Wildman–Crippen MR) is 144 cm³/mol. The van der Waals surface area contributed by atoms with Crippen LogP contribution in [-0.2, 0) is 6.54 Å². The van der Waals surface area contributed by atoms with E-state index in [9.17, 15) is 0 Å². The quantitative estimate of drug-likeness (QED) is 0.457. The molecular formula is C29H39N7. The van der Waals surface area contributed by atoms with E-state index in [-0.39, 0.29) is 6.04 Å². The highest BCUT2D eigenvalue weighted by Gasteiger charge is 2.30. The van der Waals surface area contributed by atoms with Crippen molar-refractivity contribution in [1.82, 2.24) is 34.9 Å². The molecule has 2 aliphatic heterocycles. The summed E-state index contributed by atoms with van der Waals surface area (Å²) >= 11 is 0. The molecule has 2 aliphatic rings. The lowest BCUT2D eigenvalue weighted by atomic mass is 10.00. The van der Waals surface area contributed by atoms with Crippen LogP contribution in [-0.4, -0.2) is 87.3 Å². The van der Waals surface area contributed by atoms with Gasteiger partial charge in [-0.2, -0.15) is 0 Å². The highest BCUT2D eigenvalue weighted by Crippen LogP contribution is 2.28. The Morgan fingerprint density at radius 2 is 1.67 bits per heavy atom. The smallest absolute Gasteiger partial charge is 0.173 e. The lowest BCUT2D eigenvalue weighted by Crippen LogP contribution is -2.48. The Kier molecular flexibility index (Phi) is 8.54. The number of aryl methyl sites for hydroxylation is 1. The van der Waals surface area contributed by atoms with Gasteiger partial charge in [0.25, 0.3) is 0 Å². The summed E-state index contributed by atoms with van der Waals surface area (Å²) in [5.74, 6) is 0.970. The molecule has 0 bridgehead atoms. The van der Waals surface area contributed by atoms with Crippen molar-refractivity contribution in [3.8, 4) is 0 Å². The molecular weight excluding hydrogens is 446 g/mol. The summed E-state index contributed by atoms with van der Waals surface area (Å²) in [6.45, 7) is 7.11. The van der Waals surface area contributed by atoms with Crippen LogP contribution in [0.5, 0.6) is 0 Å². The maximum Gasteiger partial charge on any atom is 0.173 e. The SMILES string of the molecule is CN1CCCCC1CCn1nnnc1[C@H](c1ccccc1)N1CCN(C/C=C/c2ccccc2)CC1. The van der Waals surface area contributed by atoms with Gasteiger partial charge >= 0.3 is 0 Å². The molecule has 0 aliphatic carbocycles. The lowest BCUT2D eigenvalue weighted by Gasteiger charge is -2.38. The molecule has 0 radical (unpaired) electrons. The zero-order valence-electron chi connectivity index (χ0n) is 21.5. The number of hydrogen-bond acceptors (Lipinski definition) is 6. The molecule has 2 fully saturated rings. The second-order valence-electron chi connectivity index (χ2n) is 10.1. The Morgan fingerprint density at radius 1 is 0.917 bits per heavy atom. The van der Waals surface area contributed by atoms with Crippen molar-refractivity contribution >= 4 is 6.08 Å². The van der Waals surface area contributed by atoms with Crippen molar-refractivity contribution in [3.05, 3.63) is 83.7 Å². The molecule has 0 amide bonds. The Hall–Kier alpha value is -2.87. The van der Waals surface area contributed by atoms with E-state index >= 15 is 0 Å². The molecule has 2 atom stereocenters. The van der Waals surface area contributed by atoms with Gasteiger partial charge in [0.05, 0.1) is 6.04 Å². The molecule has 36 heavy (non-hydrogen) atoms. The number of likely N-dealkylation sites (tertiary alicyclic amines) is 1. The van der Waals surface area contributed by atoms with Gasteiger partial charge in [0, 0.05) is 45.3 Å². The third kappa shape index (κ3) is 6.27. The minimum absolute atomic E-state index is 0.0762. The highest BCUT2D eigenvalue weighted by atomic mass is 15.6. The molecule has 0 N–H and O–H groups in total. The summed E-state index contributed by atoms with van der Waals surface area (Å²) in [6, 6.07) is 22.0. The molecule has 190 valence electrons. The fourth-order valence-corrected chi connectivity index (χ4v) is 5.61. The highest BCUT2D eigenvalue weighted by molar-refractivity contribution is 5.48. The topological polar surface area (TPSA) is 53.3 Å². The first-order valence-electron chi connectivity index (χ1n) is 13.5. The van der Waals surface area contributed by atoms with Crippen LogP contribution in [0.25, 0.3) is 6.08 Å². The summed E-state index contributed by atoms with van der Waals surface area (Å²) in [7, 11) is 2.26. The van der Waals surface area contributed by atoms with Crippen molar-refractivity contribution in [2.24, 2.45) is 0 Å². The maximum atomic E-state index is 4.57. The molecule has 0 spiro atoms. The average Bonchev–Trinajstić information content (AvgIpc) is 3.38. The lowest BCUT2D eigenvalue weighted by molar-refractivity contribution is 0.111. The predicted octanol–water partition coefficient (Wildman–Crippen LogP) is 3.97. The molecule has 3 aromatic rings. The fraction of sp³-hybridized carbons (Fsp3) is 0.483. The van der Waals surface area contributed by atoms with Gasteiger partial charge in [0.2, 0.25) is 0 Å². The van der Waals surface area contributed by atoms with Crippen LogP contribution >= 0.6 is 0 Å². The normalized spacial score (nSPS) is 21.2. The first-order valence-corrected chi connectivity index (χ1v) is 13.5. The van der Waals surface area contributed by atoms with E-state index in [0.717, 1.165) is 51.5 Å². The summed E-state index contributed by atoms with van der Waals surface area (Å²) in [4.78, 5) is 7.59. The number of hydrogen-bond donors (Lipinski definition) is 0. The monoisotopic (exact) mass is 485 g/mol. The zero-order valence-corrected chi connectivity index (χ0v) is 21.5. The third-order valence-corrected chi connectivity index (χ3v) is 7.76. The number of piperidine rings is 1. The maximum absolute atomic E-state index is 4.57. The standard InChI is InChI=1S/C29H39N7/c1-33-18-9-8-16-27(33)17-20-36-29(30-31-32-36)28(26-14-6-3-7-15-26)35-23-21-34(22-24-35)19-10-13-25-11-4-2-5-12-25/h2-7,10-15,27-28H,8-9,16-24H2,1H3/b13-10+/t27?,28-/m0/s1. The minimum Gasteiger partial charge on any atom is -0.303 e. The number of rotatable bonds is 9. The van der Waals surface area contributed by atoms with Crippen LogP contribution in [0.15, 0.2) is 66.7 Å². The largest absolute Gasteiger partial charge is 0.303 e. The molecule has 0 saturated carbocycles. The molecule has 2 aromatic carbocycles. The number of tetrazole rings is 1. The Morgan fingerprint density at radius 3 is 2.42 bits per heavy atom. The molecule has 3 heterocycles. The summed E-state index contributed by atoms with van der Waals surface area (Å²) in [6.07, 6.45) is 9.51. The molecule has 5 rings (SSSR count). The van der Waals surface area contributed by atoms with Crippen molar-refractivity contribution in [2.45, 2.75) is 44.3 Å². The van der Waals surface area contributed by atoms with E-state index in [4.69, 9.17) is 0 Å². The van der Waals surface area contributed by atoms with Crippen LogP contribution in [0.4, 0.5) is 0 Å². The zero-order chi connectivity index (χ0) is 24.6. The van der Waals surface area contributed by atoms with Gasteiger partial charge in [-0.15, -0.1) is 5.10 Å². The molecule has 7 heteroatoms. The molecule has 1 unspecified atom stereocenters. The van der Waals surface area contributed by atoms with E-state index < -0.39 is 0 Å². The Labute approximate surface area is 215 Å². The van der Waals surface area contributed by atoms with Gasteiger partial charge in [-0.25, -0.2) is 4.68 Å². The van der Waals surface area contributed by atoms with Gasteiger partial charge in [-0.1, -0.05) is 79.2 Å². The van der Waals surface area contributed by atoms with Crippen LogP contribution in [0.2, 0.25) is 0 Å². The third-order valence-electron chi connectivity index (χ3n) is 7.76. The second kappa shape index (κ2) is 12.4. The molecule has 1 aromatic heterocycles. The number of piperazine rings is 1. The first-order chi connectivity index (χ1) is 17.8. The Bertz CT molecular complexity index is 1070. The summed E-state index contributed by atoms with van der Waals surface area (Å²) in [5, 5.41) is 13.2. The van der Waals surface area contributed by atoms with Gasteiger partial charge < -0.3 is 4.90 Å². The van der Waals surface area contributed by atoms with E-state index in [1.165, 1.54) is 36.9 Å². The van der Waals surface area contributed by atoms with Gasteiger partial charge in [-0.3, -0.25) is 9.80 Å². The fourth-order valence-electron chi connectivity index (χ4n) is 5.61. The van der Waals surface area contributed by atoms with Crippen molar-refractivity contribution < 1.29 is 0 Å². The van der Waals surface area contributed by atoms with Crippen molar-refractivity contribution in [1.29, 1.82) is 0 Å². The average molecular weight is 486 g/mol. The number of aromatic nitrogens is 4. The van der Waals surface area contributed by atoms with Gasteiger partial charge in [0.1, 0.15) is 0 Å². The Balaban J connectivity index is 1.25. The van der Waals surface area contributed by atoms with Crippen LogP contribution in [0.3, 0.4) is 0 Å². The minimum atomic E-state index is 0.0762. The van der Waals surface area contributed by atoms with E-state index in [2.05, 4.69) is 115 Å². The van der Waals surface area contributed by atoms with Gasteiger partial charge in [-0.05, 0) is 54.4 Å². The molecule has 2 saturated heterocycles. The summed E-state index contributed by atoms with van der Waals surface area (Å²) in [5.41, 5.74) is 2.52. The van der Waals surface area contributed by atoms with E-state index in [1.54, 1.807) is 0 Å². The number of nitrogens with zero attached hydrogens (tertiary/aromatic N) is 7. The van der Waals surface area contributed by atoms with Crippen molar-refractivity contribution in [3.63, 3.8) is 0 Å². The number of benzene rings is 2. The van der Waals surface area contributed by atoms with Crippen LogP contribution < -0.4 is 0 Å². The van der Waals surface area contributed by atoms with Crippen molar-refractivity contribution in [2.75, 3.05) is 46.3 Å².